The Bertz CT molecular complexity index is 587. The molecule has 0 aliphatic carbocycles. The van der Waals surface area contributed by atoms with Crippen molar-refractivity contribution in [1.82, 2.24) is 4.57 Å². The lowest BCUT2D eigenvalue weighted by atomic mass is 10.0. The van der Waals surface area contributed by atoms with Crippen molar-refractivity contribution in [3.8, 4) is 0 Å². The lowest BCUT2D eigenvalue weighted by Crippen LogP contribution is -2.30. The van der Waals surface area contributed by atoms with Crippen molar-refractivity contribution in [3.63, 3.8) is 0 Å². The lowest BCUT2D eigenvalue weighted by Gasteiger charge is -2.04. The zero-order valence-corrected chi connectivity index (χ0v) is 25.1. The molecule has 0 amide bonds. The largest absolute Gasteiger partial charge is 0.673 e. The predicted octanol–water partition coefficient (Wildman–Crippen LogP) is 11.5. The second-order valence-corrected chi connectivity index (χ2v) is 11.2. The van der Waals surface area contributed by atoms with Crippen molar-refractivity contribution in [1.29, 1.82) is 0 Å². The summed E-state index contributed by atoms with van der Waals surface area (Å²) in [4.78, 5) is 0. The standard InChI is InChI=1S/C31H61N2.BF4/c1-3-5-7-8-9-10-11-12-13-14-15-16-17-18-19-20-21-22-23-24-25-26-28-33-30-29-32(31-33)27-6-4-2;2-1(3,4)5/h29-31H,3-28H2,1-2H3;/q+1;-1. The molecule has 0 fully saturated rings. The van der Waals surface area contributed by atoms with Crippen molar-refractivity contribution in [2.45, 2.75) is 181 Å². The minimum atomic E-state index is -6.00. The van der Waals surface area contributed by atoms with Crippen LogP contribution in [0.2, 0.25) is 0 Å². The van der Waals surface area contributed by atoms with Crippen LogP contribution in [0.25, 0.3) is 0 Å². The average Bonchev–Trinajstić information content (AvgIpc) is 3.32. The van der Waals surface area contributed by atoms with Crippen LogP contribution in [0.3, 0.4) is 0 Å². The first-order chi connectivity index (χ1) is 18.4. The molecular formula is C31H61BF4N2. The Kier molecular flexibility index (Phi) is 26.8. The van der Waals surface area contributed by atoms with E-state index < -0.39 is 7.25 Å². The number of imidazole rings is 1. The van der Waals surface area contributed by atoms with E-state index in [-0.39, 0.29) is 0 Å². The van der Waals surface area contributed by atoms with Crippen LogP contribution >= 0.6 is 0 Å². The van der Waals surface area contributed by atoms with Crippen molar-refractivity contribution in [2.24, 2.45) is 0 Å². The highest BCUT2D eigenvalue weighted by molar-refractivity contribution is 6.50. The summed E-state index contributed by atoms with van der Waals surface area (Å²) in [5, 5.41) is 0. The third-order valence-electron chi connectivity index (χ3n) is 7.29. The smallest absolute Gasteiger partial charge is 0.418 e. The van der Waals surface area contributed by atoms with E-state index >= 15 is 0 Å². The Morgan fingerprint density at radius 3 is 1.16 bits per heavy atom. The lowest BCUT2D eigenvalue weighted by molar-refractivity contribution is -0.696. The van der Waals surface area contributed by atoms with Crippen LogP contribution in [0.1, 0.15) is 168 Å². The fourth-order valence-corrected chi connectivity index (χ4v) is 4.95. The van der Waals surface area contributed by atoms with Crippen molar-refractivity contribution in [3.05, 3.63) is 18.7 Å². The van der Waals surface area contributed by atoms with E-state index in [0.29, 0.717) is 0 Å². The van der Waals surface area contributed by atoms with Gasteiger partial charge in [0.1, 0.15) is 12.4 Å². The molecule has 1 aromatic heterocycles. The van der Waals surface area contributed by atoms with Gasteiger partial charge in [-0.2, -0.15) is 0 Å². The number of aromatic nitrogens is 2. The van der Waals surface area contributed by atoms with E-state index in [4.69, 9.17) is 0 Å². The second kappa shape index (κ2) is 27.6. The molecule has 0 aliphatic heterocycles. The normalized spacial score (nSPS) is 11.5. The van der Waals surface area contributed by atoms with Gasteiger partial charge in [-0.15, -0.1) is 0 Å². The summed E-state index contributed by atoms with van der Waals surface area (Å²) < 4.78 is 43.7. The summed E-state index contributed by atoms with van der Waals surface area (Å²) >= 11 is 0. The molecule has 0 aliphatic rings. The fourth-order valence-electron chi connectivity index (χ4n) is 4.95. The maximum Gasteiger partial charge on any atom is 0.673 e. The number of halogens is 4. The van der Waals surface area contributed by atoms with Crippen LogP contribution < -0.4 is 4.57 Å². The summed E-state index contributed by atoms with van der Waals surface area (Å²) in [7, 11) is -6.00. The van der Waals surface area contributed by atoms with Gasteiger partial charge in [0.05, 0.1) is 13.1 Å². The minimum Gasteiger partial charge on any atom is -0.418 e. The minimum absolute atomic E-state index is 1.17. The van der Waals surface area contributed by atoms with Crippen LogP contribution in [0.15, 0.2) is 18.7 Å². The molecular weight excluding hydrogens is 487 g/mol. The molecule has 0 atom stereocenters. The van der Waals surface area contributed by atoms with Gasteiger partial charge in [0, 0.05) is 0 Å². The highest BCUT2D eigenvalue weighted by atomic mass is 19.5. The van der Waals surface area contributed by atoms with Crippen molar-refractivity contribution < 1.29 is 21.8 Å². The maximum atomic E-state index is 9.75. The van der Waals surface area contributed by atoms with E-state index in [2.05, 4.69) is 41.7 Å². The second-order valence-electron chi connectivity index (χ2n) is 11.2. The first-order valence-corrected chi connectivity index (χ1v) is 16.3. The molecule has 0 N–H and O–H groups in total. The van der Waals surface area contributed by atoms with Gasteiger partial charge in [-0.3, -0.25) is 0 Å². The van der Waals surface area contributed by atoms with E-state index in [0.717, 1.165) is 0 Å². The van der Waals surface area contributed by atoms with Crippen LogP contribution in [0, 0.1) is 0 Å². The molecule has 0 saturated carbocycles. The van der Waals surface area contributed by atoms with Gasteiger partial charge in [-0.25, -0.2) is 9.13 Å². The molecule has 2 nitrogen and oxygen atoms in total. The quantitative estimate of drug-likeness (QED) is 0.0471. The van der Waals surface area contributed by atoms with Gasteiger partial charge < -0.3 is 17.3 Å². The Morgan fingerprint density at radius 2 is 0.816 bits per heavy atom. The van der Waals surface area contributed by atoms with Gasteiger partial charge in [-0.1, -0.05) is 149 Å². The Morgan fingerprint density at radius 1 is 0.500 bits per heavy atom. The highest BCUT2D eigenvalue weighted by Crippen LogP contribution is 2.15. The Labute approximate surface area is 233 Å². The predicted molar refractivity (Wildman–Crippen MR) is 157 cm³/mol. The van der Waals surface area contributed by atoms with Crippen LogP contribution in [0.5, 0.6) is 0 Å². The molecule has 1 rings (SSSR count). The number of aryl methyl sites for hydroxylation is 2. The van der Waals surface area contributed by atoms with Gasteiger partial charge >= 0.3 is 7.25 Å². The van der Waals surface area contributed by atoms with Gasteiger partial charge in [0.25, 0.3) is 0 Å². The SMILES string of the molecule is CCCCCCCCCCCCCCCCCCCCCCCC[n+]1ccn(CCCC)c1.F[B-](F)(F)F. The molecule has 0 saturated heterocycles. The summed E-state index contributed by atoms with van der Waals surface area (Å²) in [5.74, 6) is 0. The van der Waals surface area contributed by atoms with E-state index in [1.807, 2.05) is 0 Å². The van der Waals surface area contributed by atoms with Gasteiger partial charge in [-0.05, 0) is 19.3 Å². The zero-order chi connectivity index (χ0) is 28.2. The summed E-state index contributed by atoms with van der Waals surface area (Å²) in [6.45, 7) is 6.93. The Balaban J connectivity index is 0.00000249. The Hall–Kier alpha value is -1.01. The van der Waals surface area contributed by atoms with Gasteiger partial charge in [0.15, 0.2) is 0 Å². The zero-order valence-electron chi connectivity index (χ0n) is 25.1. The first-order valence-electron chi connectivity index (χ1n) is 16.3. The summed E-state index contributed by atoms with van der Waals surface area (Å²) in [6.07, 6.45) is 41.4. The maximum absolute atomic E-state index is 9.75. The van der Waals surface area contributed by atoms with E-state index in [1.54, 1.807) is 0 Å². The molecule has 1 aromatic rings. The van der Waals surface area contributed by atoms with E-state index in [1.165, 1.54) is 167 Å². The number of rotatable bonds is 26. The molecule has 7 heteroatoms. The molecule has 1 heterocycles. The summed E-state index contributed by atoms with van der Waals surface area (Å²) in [6, 6.07) is 0. The van der Waals surface area contributed by atoms with Crippen LogP contribution in [-0.4, -0.2) is 11.8 Å². The topological polar surface area (TPSA) is 8.81 Å². The number of nitrogens with zero attached hydrogens (tertiary/aromatic N) is 2. The third-order valence-corrected chi connectivity index (χ3v) is 7.29. The first kappa shape index (κ1) is 37.0. The van der Waals surface area contributed by atoms with Crippen molar-refractivity contribution >= 4 is 7.25 Å². The number of hydrogen-bond acceptors (Lipinski definition) is 0. The van der Waals surface area contributed by atoms with E-state index in [9.17, 15) is 17.3 Å². The molecule has 0 unspecified atom stereocenters. The van der Waals surface area contributed by atoms with Crippen molar-refractivity contribution in [2.75, 3.05) is 0 Å². The number of unbranched alkanes of at least 4 members (excludes halogenated alkanes) is 22. The molecule has 38 heavy (non-hydrogen) atoms. The molecule has 226 valence electrons. The molecule has 0 spiro atoms. The number of hydrogen-bond donors (Lipinski definition) is 0. The summed E-state index contributed by atoms with van der Waals surface area (Å²) in [5.41, 5.74) is 0. The van der Waals surface area contributed by atoms with Crippen LogP contribution in [0.4, 0.5) is 17.3 Å². The fraction of sp³-hybridized carbons (Fsp3) is 0.903. The van der Waals surface area contributed by atoms with Gasteiger partial charge in [0.2, 0.25) is 6.33 Å². The third kappa shape index (κ3) is 31.2. The monoisotopic (exact) mass is 548 g/mol. The molecule has 0 aromatic carbocycles. The average molecular weight is 549 g/mol. The van der Waals surface area contributed by atoms with Crippen LogP contribution in [-0.2, 0) is 13.1 Å². The molecule has 0 radical (unpaired) electrons. The molecule has 0 bridgehead atoms. The highest BCUT2D eigenvalue weighted by Gasteiger charge is 2.20.